The van der Waals surface area contributed by atoms with Gasteiger partial charge >= 0.3 is 6.09 Å². The molecule has 4 rings (SSSR count). The number of nitrogens with two attached hydrogens (primary N) is 1. The van der Waals surface area contributed by atoms with Gasteiger partial charge in [-0.2, -0.15) is 0 Å². The predicted molar refractivity (Wildman–Crippen MR) is 131 cm³/mol. The molecular weight excluding hydrogens is 538 g/mol. The lowest BCUT2D eigenvalue weighted by molar-refractivity contribution is -0.118. The highest BCUT2D eigenvalue weighted by Gasteiger charge is 2.49. The molecule has 3 aromatic rings. The summed E-state index contributed by atoms with van der Waals surface area (Å²) in [6.07, 6.45) is -0.241. The second kappa shape index (κ2) is 10.8. The molecule has 0 radical (unpaired) electrons. The fourth-order valence-electron chi connectivity index (χ4n) is 4.65. The smallest absolute Gasteiger partial charge is 0.405 e. The quantitative estimate of drug-likeness (QED) is 0.398. The normalized spacial score (nSPS) is 19.6. The maximum atomic E-state index is 14.2. The van der Waals surface area contributed by atoms with Gasteiger partial charge in [0.05, 0.1) is 10.4 Å². The summed E-state index contributed by atoms with van der Waals surface area (Å²) in [7, 11) is 0. The van der Waals surface area contributed by atoms with Crippen LogP contribution in [0.15, 0.2) is 51.5 Å². The monoisotopic (exact) mass is 562 g/mol. The standard InChI is InChI=1S/C25H25BrF2N4O4/c1-14(33)31-10-8-15-4-2-3-5-17(15)23-21(26)22(32-36-23)18-13-30-11-9-25(18,35-24(29)34)16-6-7-19(27)20(28)12-16/h2-7,12,18,30H,8-11,13H2,1H3,(H2,29,34)(H,31,33)/t18-,25+/m1/s1. The van der Waals surface area contributed by atoms with E-state index in [1.54, 1.807) is 0 Å². The highest BCUT2D eigenvalue weighted by atomic mass is 79.9. The van der Waals surface area contributed by atoms with Crippen molar-refractivity contribution in [3.05, 3.63) is 75.4 Å². The van der Waals surface area contributed by atoms with Crippen molar-refractivity contribution in [3.8, 4) is 11.3 Å². The molecule has 2 amide bonds. The lowest BCUT2D eigenvalue weighted by Crippen LogP contribution is -2.50. The van der Waals surface area contributed by atoms with Gasteiger partial charge in [-0.15, -0.1) is 0 Å². The molecule has 8 nitrogen and oxygen atoms in total. The van der Waals surface area contributed by atoms with Gasteiger partial charge in [0, 0.05) is 32.0 Å². The van der Waals surface area contributed by atoms with E-state index in [1.165, 1.54) is 13.0 Å². The number of amides is 2. The van der Waals surface area contributed by atoms with Gasteiger partial charge in [0.15, 0.2) is 17.4 Å². The molecule has 36 heavy (non-hydrogen) atoms. The van der Waals surface area contributed by atoms with Crippen molar-refractivity contribution in [2.45, 2.75) is 31.3 Å². The van der Waals surface area contributed by atoms with Gasteiger partial charge in [-0.25, -0.2) is 13.6 Å². The van der Waals surface area contributed by atoms with Crippen molar-refractivity contribution < 1.29 is 27.6 Å². The van der Waals surface area contributed by atoms with Crippen LogP contribution in [0, 0.1) is 11.6 Å². The number of aromatic nitrogens is 1. The predicted octanol–water partition coefficient (Wildman–Crippen LogP) is 4.13. The first kappa shape index (κ1) is 25.8. The summed E-state index contributed by atoms with van der Waals surface area (Å²) in [4.78, 5) is 23.3. The van der Waals surface area contributed by atoms with Crippen molar-refractivity contribution in [2.75, 3.05) is 19.6 Å². The van der Waals surface area contributed by atoms with Gasteiger partial charge in [-0.05, 0) is 52.2 Å². The molecule has 2 heterocycles. The van der Waals surface area contributed by atoms with Crippen LogP contribution in [0.1, 0.15) is 36.1 Å². The highest BCUT2D eigenvalue weighted by Crippen LogP contribution is 2.48. The molecule has 0 aliphatic carbocycles. The molecule has 2 atom stereocenters. The van der Waals surface area contributed by atoms with Gasteiger partial charge < -0.3 is 25.6 Å². The third-order valence-electron chi connectivity index (χ3n) is 6.30. The summed E-state index contributed by atoms with van der Waals surface area (Å²) >= 11 is 3.61. The van der Waals surface area contributed by atoms with E-state index in [0.717, 1.165) is 23.3 Å². The van der Waals surface area contributed by atoms with Gasteiger partial charge in [0.2, 0.25) is 5.91 Å². The SMILES string of the molecule is CC(=O)NCCc1ccccc1-c1onc([C@H]2CNCC[C@]2(OC(N)=O)c2ccc(F)c(F)c2)c1Br. The lowest BCUT2D eigenvalue weighted by atomic mass is 9.74. The Kier molecular flexibility index (Phi) is 7.70. The molecule has 2 aromatic carbocycles. The Bertz CT molecular complexity index is 1280. The van der Waals surface area contributed by atoms with Crippen LogP contribution in [0.3, 0.4) is 0 Å². The number of nitrogens with one attached hydrogen (secondary N) is 2. The fraction of sp³-hybridized carbons (Fsp3) is 0.320. The Labute approximate surface area is 214 Å². The van der Waals surface area contributed by atoms with E-state index < -0.39 is 29.2 Å². The zero-order valence-electron chi connectivity index (χ0n) is 19.4. The number of carbonyl (C=O) groups excluding carboxylic acids is 2. The van der Waals surface area contributed by atoms with E-state index in [9.17, 15) is 18.4 Å². The third kappa shape index (κ3) is 5.12. The van der Waals surface area contributed by atoms with E-state index >= 15 is 0 Å². The topological polar surface area (TPSA) is 119 Å². The van der Waals surface area contributed by atoms with Gasteiger partial charge in [0.1, 0.15) is 11.3 Å². The molecule has 0 bridgehead atoms. The highest BCUT2D eigenvalue weighted by molar-refractivity contribution is 9.10. The number of piperidine rings is 1. The third-order valence-corrected chi connectivity index (χ3v) is 7.06. The van der Waals surface area contributed by atoms with Crippen molar-refractivity contribution in [3.63, 3.8) is 0 Å². The summed E-state index contributed by atoms with van der Waals surface area (Å²) in [5.41, 5.74) is 6.42. The summed E-state index contributed by atoms with van der Waals surface area (Å²) in [6.45, 7) is 2.65. The minimum absolute atomic E-state index is 0.122. The molecule has 1 aliphatic heterocycles. The van der Waals surface area contributed by atoms with E-state index in [4.69, 9.17) is 15.0 Å². The molecule has 11 heteroatoms. The first-order chi connectivity index (χ1) is 17.2. The molecule has 1 aromatic heterocycles. The van der Waals surface area contributed by atoms with E-state index in [-0.39, 0.29) is 17.9 Å². The van der Waals surface area contributed by atoms with Crippen molar-refractivity contribution in [2.24, 2.45) is 5.73 Å². The molecule has 1 saturated heterocycles. The van der Waals surface area contributed by atoms with Crippen molar-refractivity contribution in [1.29, 1.82) is 0 Å². The number of nitrogens with zero attached hydrogens (tertiary/aromatic N) is 1. The Morgan fingerprint density at radius 2 is 2.06 bits per heavy atom. The molecule has 4 N–H and O–H groups in total. The zero-order chi connectivity index (χ0) is 25.9. The largest absolute Gasteiger partial charge is 0.437 e. The van der Waals surface area contributed by atoms with Crippen molar-refractivity contribution in [1.82, 2.24) is 15.8 Å². The summed E-state index contributed by atoms with van der Waals surface area (Å²) in [6, 6.07) is 10.9. The Morgan fingerprint density at radius 3 is 2.78 bits per heavy atom. The molecule has 0 unspecified atom stereocenters. The molecule has 0 saturated carbocycles. The zero-order valence-corrected chi connectivity index (χ0v) is 21.0. The summed E-state index contributed by atoms with van der Waals surface area (Å²) in [5, 5.41) is 10.3. The maximum absolute atomic E-state index is 14.2. The van der Waals surface area contributed by atoms with E-state index in [0.29, 0.717) is 42.0 Å². The van der Waals surface area contributed by atoms with Crippen LogP contribution in [0.5, 0.6) is 0 Å². The molecular formula is C25H25BrF2N4O4. The maximum Gasteiger partial charge on any atom is 0.405 e. The fourth-order valence-corrected chi connectivity index (χ4v) is 5.29. The van der Waals surface area contributed by atoms with Crippen LogP contribution in [0.25, 0.3) is 11.3 Å². The number of primary amides is 1. The summed E-state index contributed by atoms with van der Waals surface area (Å²) < 4.78 is 39.9. The van der Waals surface area contributed by atoms with E-state index in [1.807, 2.05) is 24.3 Å². The Hall–Kier alpha value is -3.31. The number of benzene rings is 2. The van der Waals surface area contributed by atoms with Crippen LogP contribution in [-0.2, 0) is 21.6 Å². The van der Waals surface area contributed by atoms with Gasteiger partial charge in [-0.1, -0.05) is 35.5 Å². The average Bonchev–Trinajstić information content (AvgIpc) is 3.21. The number of hydrogen-bond donors (Lipinski definition) is 3. The summed E-state index contributed by atoms with van der Waals surface area (Å²) in [5.74, 6) is -2.39. The van der Waals surface area contributed by atoms with E-state index in [2.05, 4.69) is 31.7 Å². The lowest BCUT2D eigenvalue weighted by Gasteiger charge is -2.42. The molecule has 1 aliphatic rings. The van der Waals surface area contributed by atoms with Crippen LogP contribution in [0.2, 0.25) is 0 Å². The van der Waals surface area contributed by atoms with Crippen LogP contribution >= 0.6 is 15.9 Å². The first-order valence-electron chi connectivity index (χ1n) is 11.4. The minimum atomic E-state index is -1.41. The molecule has 1 fully saturated rings. The average molecular weight is 563 g/mol. The molecule has 190 valence electrons. The van der Waals surface area contributed by atoms with Crippen LogP contribution < -0.4 is 16.4 Å². The number of rotatable bonds is 7. The van der Waals surface area contributed by atoms with Gasteiger partial charge in [-0.3, -0.25) is 4.79 Å². The number of ether oxygens (including phenoxy) is 1. The van der Waals surface area contributed by atoms with Gasteiger partial charge in [0.25, 0.3) is 0 Å². The second-order valence-corrected chi connectivity index (χ2v) is 9.34. The second-order valence-electron chi connectivity index (χ2n) is 8.55. The van der Waals surface area contributed by atoms with Crippen LogP contribution in [0.4, 0.5) is 13.6 Å². The Balaban J connectivity index is 1.77. The van der Waals surface area contributed by atoms with Crippen LogP contribution in [-0.4, -0.2) is 36.8 Å². The van der Waals surface area contributed by atoms with Crippen molar-refractivity contribution >= 4 is 27.9 Å². The first-order valence-corrected chi connectivity index (χ1v) is 12.1. The number of hydrogen-bond acceptors (Lipinski definition) is 6. The Morgan fingerprint density at radius 1 is 1.28 bits per heavy atom. The number of halogens is 3. The number of carbonyl (C=O) groups is 2. The minimum Gasteiger partial charge on any atom is -0.437 e. The molecule has 0 spiro atoms.